The second-order valence-electron chi connectivity index (χ2n) is 6.35. The predicted molar refractivity (Wildman–Crippen MR) is 106 cm³/mol. The Morgan fingerprint density at radius 2 is 1.61 bits per heavy atom. The number of ether oxygens (including phenoxy) is 3. The first-order valence-corrected chi connectivity index (χ1v) is 10.8. The van der Waals surface area contributed by atoms with E-state index in [-0.39, 0.29) is 18.8 Å². The van der Waals surface area contributed by atoms with Gasteiger partial charge in [0.05, 0.1) is 24.3 Å². The summed E-state index contributed by atoms with van der Waals surface area (Å²) in [5, 5.41) is 0.699. The minimum atomic E-state index is -4.56. The topological polar surface area (TPSA) is 133 Å². The maximum atomic E-state index is 13.1. The molecule has 0 aliphatic carbocycles. The fourth-order valence-corrected chi connectivity index (χ4v) is 4.87. The van der Waals surface area contributed by atoms with E-state index in [0.29, 0.717) is 15.1 Å². The quantitative estimate of drug-likeness (QED) is 0.452. The van der Waals surface area contributed by atoms with Gasteiger partial charge < -0.3 is 14.2 Å². The first-order chi connectivity index (χ1) is 14.7. The number of rotatable bonds is 7. The van der Waals surface area contributed by atoms with Crippen molar-refractivity contribution in [1.29, 1.82) is 0 Å². The predicted octanol–water partition coefficient (Wildman–Crippen LogP) is 1.27. The average Bonchev–Trinajstić information content (AvgIpc) is 2.93. The molecule has 3 rings (SSSR count). The number of benzene rings is 2. The van der Waals surface area contributed by atoms with E-state index in [1.165, 1.54) is 19.1 Å². The van der Waals surface area contributed by atoms with E-state index >= 15 is 0 Å². The summed E-state index contributed by atoms with van der Waals surface area (Å²) in [6.45, 7) is 1.63. The van der Waals surface area contributed by atoms with Gasteiger partial charge in [0.15, 0.2) is 6.61 Å². The SMILES string of the molecule is CCOC(=O)COC(=O)c1cc2ccccc2c2c1S(=O)(=O)N(CC(=O)OCC)C2=O. The average molecular weight is 449 g/mol. The van der Waals surface area contributed by atoms with Crippen LogP contribution in [0.2, 0.25) is 0 Å². The van der Waals surface area contributed by atoms with E-state index in [1.807, 2.05) is 0 Å². The minimum Gasteiger partial charge on any atom is -0.465 e. The van der Waals surface area contributed by atoms with Crippen LogP contribution in [0.25, 0.3) is 10.8 Å². The third-order valence-electron chi connectivity index (χ3n) is 4.41. The molecule has 0 atom stereocenters. The van der Waals surface area contributed by atoms with Gasteiger partial charge in [-0.25, -0.2) is 22.3 Å². The Hall–Kier alpha value is -3.47. The summed E-state index contributed by atoms with van der Waals surface area (Å²) in [6.07, 6.45) is 0. The molecular formula is C20H19NO9S. The lowest BCUT2D eigenvalue weighted by molar-refractivity contribution is -0.146. The molecule has 31 heavy (non-hydrogen) atoms. The number of sulfonamides is 1. The molecule has 0 saturated heterocycles. The molecule has 2 aromatic rings. The van der Waals surface area contributed by atoms with Crippen LogP contribution in [0.1, 0.15) is 34.6 Å². The Kier molecular flexibility index (Phi) is 6.25. The Bertz CT molecular complexity index is 1190. The maximum absolute atomic E-state index is 13.1. The summed E-state index contributed by atoms with van der Waals surface area (Å²) in [7, 11) is -4.56. The number of carbonyl (C=O) groups is 4. The molecule has 0 aromatic heterocycles. The van der Waals surface area contributed by atoms with Crippen molar-refractivity contribution >= 4 is 44.6 Å². The molecule has 1 aliphatic heterocycles. The van der Waals surface area contributed by atoms with Gasteiger partial charge in [0.25, 0.3) is 15.9 Å². The minimum absolute atomic E-state index is 0.00221. The van der Waals surface area contributed by atoms with E-state index in [9.17, 15) is 27.6 Å². The molecule has 1 heterocycles. The van der Waals surface area contributed by atoms with Gasteiger partial charge in [0.1, 0.15) is 11.4 Å². The van der Waals surface area contributed by atoms with Crippen molar-refractivity contribution < 1.29 is 41.8 Å². The highest BCUT2D eigenvalue weighted by atomic mass is 32.2. The Morgan fingerprint density at radius 3 is 2.29 bits per heavy atom. The second kappa shape index (κ2) is 8.72. The normalized spacial score (nSPS) is 14.3. The molecule has 0 radical (unpaired) electrons. The lowest BCUT2D eigenvalue weighted by Crippen LogP contribution is -2.36. The van der Waals surface area contributed by atoms with Crippen LogP contribution in [0.4, 0.5) is 0 Å². The lowest BCUT2D eigenvalue weighted by atomic mass is 10.00. The lowest BCUT2D eigenvalue weighted by Gasteiger charge is -2.14. The standard InChI is InChI=1S/C20H19NO9S/c1-3-28-15(22)10-21-19(24)17-13-8-6-5-7-12(13)9-14(18(17)31(21,26)27)20(25)30-11-16(23)29-4-2/h5-9H,3-4,10-11H2,1-2H3. The summed E-state index contributed by atoms with van der Waals surface area (Å²) in [5.41, 5.74) is -0.664. The summed E-state index contributed by atoms with van der Waals surface area (Å²) >= 11 is 0. The summed E-state index contributed by atoms with van der Waals surface area (Å²) in [6, 6.07) is 7.64. The maximum Gasteiger partial charge on any atom is 0.344 e. The Morgan fingerprint density at radius 1 is 0.968 bits per heavy atom. The molecular weight excluding hydrogens is 430 g/mol. The second-order valence-corrected chi connectivity index (χ2v) is 8.15. The molecule has 0 fully saturated rings. The molecule has 2 aromatic carbocycles. The van der Waals surface area contributed by atoms with Crippen molar-refractivity contribution in [1.82, 2.24) is 4.31 Å². The van der Waals surface area contributed by atoms with Crippen molar-refractivity contribution in [3.8, 4) is 0 Å². The van der Waals surface area contributed by atoms with E-state index in [1.54, 1.807) is 25.1 Å². The summed E-state index contributed by atoms with van der Waals surface area (Å²) in [5.74, 6) is -3.80. The van der Waals surface area contributed by atoms with Gasteiger partial charge in [0, 0.05) is 0 Å². The first-order valence-electron chi connectivity index (χ1n) is 9.33. The van der Waals surface area contributed by atoms with E-state index in [0.717, 1.165) is 0 Å². The zero-order valence-electron chi connectivity index (χ0n) is 16.7. The molecule has 11 heteroatoms. The van der Waals surface area contributed by atoms with E-state index in [4.69, 9.17) is 9.47 Å². The molecule has 10 nitrogen and oxygen atoms in total. The monoisotopic (exact) mass is 449 g/mol. The molecule has 164 valence electrons. The largest absolute Gasteiger partial charge is 0.465 e. The number of esters is 3. The zero-order chi connectivity index (χ0) is 22.8. The number of carbonyl (C=O) groups excluding carboxylic acids is 4. The molecule has 0 spiro atoms. The van der Waals surface area contributed by atoms with Crippen molar-refractivity contribution in [2.75, 3.05) is 26.4 Å². The Balaban J connectivity index is 2.12. The first kappa shape index (κ1) is 22.2. The molecule has 1 amide bonds. The fraction of sp³-hybridized carbons (Fsp3) is 0.300. The van der Waals surface area contributed by atoms with Crippen LogP contribution in [0.3, 0.4) is 0 Å². The van der Waals surface area contributed by atoms with Gasteiger partial charge in [-0.15, -0.1) is 0 Å². The number of amides is 1. The fourth-order valence-electron chi connectivity index (χ4n) is 3.19. The van der Waals surface area contributed by atoms with Gasteiger partial charge in [-0.05, 0) is 30.7 Å². The van der Waals surface area contributed by atoms with Crippen molar-refractivity contribution in [3.05, 3.63) is 41.5 Å². The Labute approximate surface area is 177 Å². The van der Waals surface area contributed by atoms with Crippen LogP contribution in [-0.4, -0.2) is 62.9 Å². The number of hydrogen-bond donors (Lipinski definition) is 0. The zero-order valence-corrected chi connectivity index (χ0v) is 17.6. The van der Waals surface area contributed by atoms with Gasteiger partial charge in [-0.3, -0.25) is 9.59 Å². The van der Waals surface area contributed by atoms with Crippen molar-refractivity contribution in [2.24, 2.45) is 0 Å². The highest BCUT2D eigenvalue weighted by Crippen LogP contribution is 2.38. The van der Waals surface area contributed by atoms with Gasteiger partial charge in [0.2, 0.25) is 0 Å². The highest BCUT2D eigenvalue weighted by molar-refractivity contribution is 7.90. The molecule has 0 saturated carbocycles. The van der Waals surface area contributed by atoms with Gasteiger partial charge in [-0.1, -0.05) is 24.3 Å². The summed E-state index contributed by atoms with van der Waals surface area (Å²) in [4.78, 5) is 48.5. The van der Waals surface area contributed by atoms with Crippen LogP contribution >= 0.6 is 0 Å². The number of hydrogen-bond acceptors (Lipinski definition) is 9. The van der Waals surface area contributed by atoms with Crippen molar-refractivity contribution in [2.45, 2.75) is 18.7 Å². The number of fused-ring (bicyclic) bond motifs is 3. The van der Waals surface area contributed by atoms with E-state index < -0.39 is 57.4 Å². The van der Waals surface area contributed by atoms with Crippen LogP contribution in [-0.2, 0) is 33.8 Å². The molecule has 1 aliphatic rings. The van der Waals surface area contributed by atoms with Crippen LogP contribution < -0.4 is 0 Å². The third kappa shape index (κ3) is 4.08. The molecule has 0 N–H and O–H groups in total. The summed E-state index contributed by atoms with van der Waals surface area (Å²) < 4.78 is 41.0. The van der Waals surface area contributed by atoms with Gasteiger partial charge in [-0.2, -0.15) is 0 Å². The van der Waals surface area contributed by atoms with Crippen LogP contribution in [0.5, 0.6) is 0 Å². The highest BCUT2D eigenvalue weighted by Gasteiger charge is 2.46. The third-order valence-corrected chi connectivity index (χ3v) is 6.23. The molecule has 0 bridgehead atoms. The molecule has 0 unspecified atom stereocenters. The van der Waals surface area contributed by atoms with E-state index in [2.05, 4.69) is 4.74 Å². The van der Waals surface area contributed by atoms with Crippen LogP contribution in [0.15, 0.2) is 35.2 Å². The smallest absolute Gasteiger partial charge is 0.344 e. The van der Waals surface area contributed by atoms with Crippen molar-refractivity contribution in [3.63, 3.8) is 0 Å². The van der Waals surface area contributed by atoms with Crippen LogP contribution in [0, 0.1) is 0 Å². The van der Waals surface area contributed by atoms with Gasteiger partial charge >= 0.3 is 17.9 Å². The number of nitrogens with zero attached hydrogens (tertiary/aromatic N) is 1.